The molecular formula is C11H8CrO5. The third kappa shape index (κ3) is 14.6. The molecule has 0 bridgehead atoms. The van der Waals surface area contributed by atoms with Crippen molar-refractivity contribution in [2.75, 3.05) is 6.61 Å². The smallest absolute Gasteiger partial charge is 0 e. The maximum Gasteiger partial charge on any atom is 0 e. The van der Waals surface area contributed by atoms with Gasteiger partial charge in [0.25, 0.3) is 0 Å². The Balaban J connectivity index is -0.000000106. The van der Waals surface area contributed by atoms with Crippen LogP contribution in [0.3, 0.4) is 0 Å². The second kappa shape index (κ2) is 24.0. The van der Waals surface area contributed by atoms with Crippen molar-refractivity contribution in [3.8, 4) is 0 Å². The minimum absolute atomic E-state index is 0. The summed E-state index contributed by atoms with van der Waals surface area (Å²) < 4.78 is 22.5. The molecular weight excluding hydrogens is 264 g/mol. The van der Waals surface area contributed by atoms with Gasteiger partial charge in [0.2, 0.25) is 0 Å². The predicted molar refractivity (Wildman–Crippen MR) is 49.6 cm³/mol. The molecule has 0 heterocycles. The van der Waals surface area contributed by atoms with E-state index in [1.54, 1.807) is 24.3 Å². The van der Waals surface area contributed by atoms with Crippen molar-refractivity contribution in [2.45, 2.75) is 0 Å². The zero-order valence-corrected chi connectivity index (χ0v) is 9.86. The van der Waals surface area contributed by atoms with Gasteiger partial charge in [-0.2, -0.15) is 0 Å². The van der Waals surface area contributed by atoms with Gasteiger partial charge in [-0.3, -0.25) is 4.79 Å². The van der Waals surface area contributed by atoms with E-state index in [2.05, 4.69) is 20.0 Å². The Hall–Kier alpha value is -1.40. The first-order valence-corrected chi connectivity index (χ1v) is 3.65. The summed E-state index contributed by atoms with van der Waals surface area (Å²) in [6.45, 7) is 13.1. The molecule has 0 aromatic heterocycles. The Morgan fingerprint density at radius 3 is 1.65 bits per heavy atom. The van der Waals surface area contributed by atoms with Gasteiger partial charge >= 0.3 is 33.9 Å². The summed E-state index contributed by atoms with van der Waals surface area (Å²) in [4.78, 5) is 10.8. The van der Waals surface area contributed by atoms with Gasteiger partial charge in [0, 0.05) is 22.9 Å². The van der Waals surface area contributed by atoms with E-state index in [1.165, 1.54) is 0 Å². The van der Waals surface area contributed by atoms with Crippen LogP contribution in [-0.4, -0.2) is 17.5 Å². The predicted octanol–water partition coefficient (Wildman–Crippen LogP) is 0.747. The van der Waals surface area contributed by atoms with E-state index in [-0.39, 0.29) is 23.1 Å². The van der Waals surface area contributed by atoms with Crippen LogP contribution in [0.2, 0.25) is 0 Å². The SMILES string of the molecule is O=C(CO)c1ccccc1.[C-]#[O+].[C-]#[O+].[C-]#[O+].[Cr]. The van der Waals surface area contributed by atoms with Crippen molar-refractivity contribution in [1.29, 1.82) is 0 Å². The van der Waals surface area contributed by atoms with Gasteiger partial charge in [-0.25, -0.2) is 0 Å². The summed E-state index contributed by atoms with van der Waals surface area (Å²) in [5.74, 6) is -0.236. The molecule has 0 atom stereocenters. The van der Waals surface area contributed by atoms with Crippen molar-refractivity contribution in [2.24, 2.45) is 0 Å². The molecule has 0 aliphatic rings. The Morgan fingerprint density at radius 2 is 1.35 bits per heavy atom. The van der Waals surface area contributed by atoms with E-state index in [9.17, 15) is 4.79 Å². The van der Waals surface area contributed by atoms with Crippen LogP contribution in [0.5, 0.6) is 0 Å². The second-order valence-electron chi connectivity index (χ2n) is 1.95. The molecule has 0 aliphatic carbocycles. The zero-order valence-electron chi connectivity index (χ0n) is 8.58. The minimum Gasteiger partial charge on any atom is 0 e. The Morgan fingerprint density at radius 1 is 1.00 bits per heavy atom. The van der Waals surface area contributed by atoms with Crippen molar-refractivity contribution in [1.82, 2.24) is 0 Å². The van der Waals surface area contributed by atoms with Crippen LogP contribution in [0.1, 0.15) is 10.4 Å². The van der Waals surface area contributed by atoms with E-state index in [0.29, 0.717) is 5.56 Å². The average Bonchev–Trinajstić information content (AvgIpc) is 2.45. The topological polar surface area (TPSA) is 97.0 Å². The van der Waals surface area contributed by atoms with Gasteiger partial charge in [-0.15, -0.1) is 0 Å². The summed E-state index contributed by atoms with van der Waals surface area (Å²) >= 11 is 0. The normalized spacial score (nSPS) is 5.82. The van der Waals surface area contributed by atoms with Crippen molar-refractivity contribution in [3.05, 3.63) is 55.8 Å². The fraction of sp³-hybridized carbons (Fsp3) is 0.0909. The zero-order chi connectivity index (χ0) is 13.4. The summed E-state index contributed by atoms with van der Waals surface area (Å²) in [5, 5.41) is 8.44. The van der Waals surface area contributed by atoms with Crippen LogP contribution < -0.4 is 0 Å². The molecule has 1 N–H and O–H groups in total. The minimum atomic E-state index is -0.413. The van der Waals surface area contributed by atoms with Crippen LogP contribution in [-0.2, 0) is 31.3 Å². The van der Waals surface area contributed by atoms with Crippen LogP contribution in [0.15, 0.2) is 30.3 Å². The quantitative estimate of drug-likeness (QED) is 0.488. The molecule has 0 unspecified atom stereocenters. The van der Waals surface area contributed by atoms with Gasteiger partial charge < -0.3 is 5.11 Å². The molecule has 6 heteroatoms. The van der Waals surface area contributed by atoms with Crippen molar-refractivity contribution < 1.29 is 41.2 Å². The molecule has 0 amide bonds. The Labute approximate surface area is 110 Å². The second-order valence-corrected chi connectivity index (χ2v) is 1.95. The number of Topliss-reactive ketones (excluding diaryl/α,β-unsaturated/α-hetero) is 1. The largest absolute Gasteiger partial charge is 0 e. The monoisotopic (exact) mass is 272 g/mol. The number of carbonyl (C=O) groups excluding carboxylic acids is 1. The third-order valence-corrected chi connectivity index (χ3v) is 1.24. The van der Waals surface area contributed by atoms with Crippen molar-refractivity contribution >= 4 is 5.78 Å². The molecule has 88 valence electrons. The maximum absolute atomic E-state index is 10.8. The number of ketones is 1. The molecule has 0 saturated heterocycles. The summed E-state index contributed by atoms with van der Waals surface area (Å²) in [6, 6.07) is 8.72. The first kappa shape index (κ1) is 24.7. The van der Waals surface area contributed by atoms with Gasteiger partial charge in [0.05, 0.1) is 0 Å². The van der Waals surface area contributed by atoms with Gasteiger partial charge in [0.15, 0.2) is 5.78 Å². The van der Waals surface area contributed by atoms with Crippen LogP contribution in [0.4, 0.5) is 0 Å². The molecule has 0 aliphatic heterocycles. The number of aliphatic hydroxyl groups excluding tert-OH is 1. The fourth-order valence-corrected chi connectivity index (χ4v) is 0.715. The third-order valence-electron chi connectivity index (χ3n) is 1.24. The summed E-state index contributed by atoms with van der Waals surface area (Å²) in [7, 11) is 0. The summed E-state index contributed by atoms with van der Waals surface area (Å²) in [6.07, 6.45) is 0. The van der Waals surface area contributed by atoms with Crippen LogP contribution >= 0.6 is 0 Å². The molecule has 0 saturated carbocycles. The van der Waals surface area contributed by atoms with Crippen molar-refractivity contribution in [3.63, 3.8) is 0 Å². The molecule has 5 nitrogen and oxygen atoms in total. The van der Waals surface area contributed by atoms with E-state index >= 15 is 0 Å². The molecule has 1 rings (SSSR count). The molecule has 0 fully saturated rings. The number of carbonyl (C=O) groups is 1. The summed E-state index contributed by atoms with van der Waals surface area (Å²) in [5.41, 5.74) is 0.560. The maximum atomic E-state index is 10.8. The molecule has 0 radical (unpaired) electrons. The van der Waals surface area contributed by atoms with Gasteiger partial charge in [0.1, 0.15) is 6.61 Å². The first-order chi connectivity index (χ1) is 7.84. The average molecular weight is 272 g/mol. The molecule has 1 aromatic rings. The molecule has 1 aromatic carbocycles. The van der Waals surface area contributed by atoms with Gasteiger partial charge in [-0.05, 0) is 0 Å². The number of hydrogen-bond donors (Lipinski definition) is 1. The fourth-order valence-electron chi connectivity index (χ4n) is 0.715. The van der Waals surface area contributed by atoms with Crippen LogP contribution in [0, 0.1) is 20.0 Å². The Kier molecular flexibility index (Phi) is 34.9. The molecule has 0 spiro atoms. The first-order valence-electron chi connectivity index (χ1n) is 3.65. The van der Waals surface area contributed by atoms with Crippen LogP contribution in [0.25, 0.3) is 0 Å². The number of hydrogen-bond acceptors (Lipinski definition) is 2. The number of benzene rings is 1. The van der Waals surface area contributed by atoms with E-state index in [1.807, 2.05) is 6.07 Å². The van der Waals surface area contributed by atoms with E-state index in [0.717, 1.165) is 0 Å². The standard InChI is InChI=1S/C8H8O2.3CO.Cr/c9-6-8(10)7-4-2-1-3-5-7;3*1-2;/h1-5,9H,6H2;;;;. The van der Waals surface area contributed by atoms with Gasteiger partial charge in [-0.1, -0.05) is 30.3 Å². The van der Waals surface area contributed by atoms with E-state index in [4.69, 9.17) is 19.1 Å². The number of rotatable bonds is 2. The Bertz CT molecular complexity index is 314. The molecule has 17 heavy (non-hydrogen) atoms. The number of aliphatic hydroxyl groups is 1. The van der Waals surface area contributed by atoms with E-state index < -0.39 is 6.61 Å².